The zero-order chi connectivity index (χ0) is 13.1. The molecule has 0 fully saturated rings. The molecule has 0 aromatic rings. The van der Waals surface area contributed by atoms with Crippen LogP contribution in [0.4, 0.5) is 0 Å². The molecule has 0 aliphatic rings. The minimum absolute atomic E-state index is 0.126. The van der Waals surface area contributed by atoms with Crippen LogP contribution in [0, 0.1) is 0 Å². The number of rotatable bonds is 11. The SMILES string of the molecule is CCCCCCCCCC(O)(CC)CC(=O)O. The lowest BCUT2D eigenvalue weighted by Crippen LogP contribution is -2.30. The molecule has 1 unspecified atom stereocenters. The number of carboxylic acids is 1. The molecule has 0 saturated carbocycles. The molecular formula is C14H28O3. The van der Waals surface area contributed by atoms with E-state index in [-0.39, 0.29) is 6.42 Å². The molecule has 0 amide bonds. The Bertz CT molecular complexity index is 204. The Labute approximate surface area is 105 Å². The molecule has 3 nitrogen and oxygen atoms in total. The molecule has 17 heavy (non-hydrogen) atoms. The average Bonchev–Trinajstić information content (AvgIpc) is 2.27. The number of unbranched alkanes of at least 4 members (excludes halogenated alkanes) is 6. The van der Waals surface area contributed by atoms with E-state index in [4.69, 9.17) is 5.11 Å². The summed E-state index contributed by atoms with van der Waals surface area (Å²) in [6.07, 6.45) is 9.37. The number of hydrogen-bond donors (Lipinski definition) is 2. The van der Waals surface area contributed by atoms with Gasteiger partial charge < -0.3 is 10.2 Å². The first kappa shape index (κ1) is 16.4. The Balaban J connectivity index is 3.59. The zero-order valence-corrected chi connectivity index (χ0v) is 11.4. The number of aliphatic hydroxyl groups is 1. The second kappa shape index (κ2) is 9.46. The summed E-state index contributed by atoms with van der Waals surface area (Å²) in [4.78, 5) is 10.6. The normalized spacial score (nSPS) is 14.5. The molecule has 0 spiro atoms. The van der Waals surface area contributed by atoms with Crippen molar-refractivity contribution in [2.75, 3.05) is 0 Å². The van der Waals surface area contributed by atoms with Crippen molar-refractivity contribution in [3.05, 3.63) is 0 Å². The van der Waals surface area contributed by atoms with Crippen LogP contribution in [0.3, 0.4) is 0 Å². The lowest BCUT2D eigenvalue weighted by Gasteiger charge is -2.24. The molecule has 0 rings (SSSR count). The molecule has 3 heteroatoms. The molecule has 1 atom stereocenters. The van der Waals surface area contributed by atoms with Crippen molar-refractivity contribution in [1.29, 1.82) is 0 Å². The Hall–Kier alpha value is -0.570. The van der Waals surface area contributed by atoms with E-state index < -0.39 is 11.6 Å². The van der Waals surface area contributed by atoms with Crippen molar-refractivity contribution >= 4 is 5.97 Å². The van der Waals surface area contributed by atoms with Crippen LogP contribution in [0.15, 0.2) is 0 Å². The molecule has 0 heterocycles. The van der Waals surface area contributed by atoms with Gasteiger partial charge in [-0.15, -0.1) is 0 Å². The second-order valence-electron chi connectivity index (χ2n) is 5.02. The fraction of sp³-hybridized carbons (Fsp3) is 0.929. The van der Waals surface area contributed by atoms with Crippen LogP contribution in [0.5, 0.6) is 0 Å². The Morgan fingerprint density at radius 1 is 1.00 bits per heavy atom. The molecule has 0 aliphatic carbocycles. The topological polar surface area (TPSA) is 57.5 Å². The van der Waals surface area contributed by atoms with Crippen molar-refractivity contribution in [3.63, 3.8) is 0 Å². The Morgan fingerprint density at radius 2 is 1.53 bits per heavy atom. The van der Waals surface area contributed by atoms with Crippen LogP contribution in [0.1, 0.15) is 78.1 Å². The minimum Gasteiger partial charge on any atom is -0.481 e. The van der Waals surface area contributed by atoms with Crippen LogP contribution in [0.25, 0.3) is 0 Å². The molecule has 102 valence electrons. The lowest BCUT2D eigenvalue weighted by atomic mass is 9.90. The van der Waals surface area contributed by atoms with Crippen LogP contribution in [-0.4, -0.2) is 21.8 Å². The van der Waals surface area contributed by atoms with E-state index >= 15 is 0 Å². The monoisotopic (exact) mass is 244 g/mol. The number of hydrogen-bond acceptors (Lipinski definition) is 2. The predicted octanol–water partition coefficient (Wildman–Crippen LogP) is 3.74. The van der Waals surface area contributed by atoms with E-state index in [1.54, 1.807) is 0 Å². The van der Waals surface area contributed by atoms with E-state index in [9.17, 15) is 9.90 Å². The van der Waals surface area contributed by atoms with E-state index in [0.717, 1.165) is 12.8 Å². The molecule has 0 aromatic carbocycles. The summed E-state index contributed by atoms with van der Waals surface area (Å²) in [5, 5.41) is 18.8. The van der Waals surface area contributed by atoms with E-state index in [2.05, 4.69) is 6.92 Å². The maximum absolute atomic E-state index is 10.6. The maximum Gasteiger partial charge on any atom is 0.306 e. The highest BCUT2D eigenvalue weighted by Crippen LogP contribution is 2.23. The van der Waals surface area contributed by atoms with Crippen molar-refractivity contribution in [3.8, 4) is 0 Å². The van der Waals surface area contributed by atoms with Crippen LogP contribution in [-0.2, 0) is 4.79 Å². The predicted molar refractivity (Wildman–Crippen MR) is 70.1 cm³/mol. The molecule has 0 aliphatic heterocycles. The smallest absolute Gasteiger partial charge is 0.306 e. The molecular weight excluding hydrogens is 216 g/mol. The first-order chi connectivity index (χ1) is 8.04. The fourth-order valence-corrected chi connectivity index (χ4v) is 2.08. The standard InChI is InChI=1S/C14H28O3/c1-3-5-6-7-8-9-10-11-14(17,4-2)12-13(15)16/h17H,3-12H2,1-2H3,(H,15,16). The van der Waals surface area contributed by atoms with Gasteiger partial charge in [0.25, 0.3) is 0 Å². The van der Waals surface area contributed by atoms with E-state index in [1.807, 2.05) is 6.92 Å². The summed E-state index contributed by atoms with van der Waals surface area (Å²) in [6, 6.07) is 0. The third-order valence-electron chi connectivity index (χ3n) is 3.38. The van der Waals surface area contributed by atoms with Crippen molar-refractivity contribution in [2.45, 2.75) is 83.7 Å². The summed E-state index contributed by atoms with van der Waals surface area (Å²) in [6.45, 7) is 4.05. The van der Waals surface area contributed by atoms with Gasteiger partial charge in [-0.2, -0.15) is 0 Å². The first-order valence-corrected chi connectivity index (χ1v) is 6.98. The fourth-order valence-electron chi connectivity index (χ4n) is 2.08. The second-order valence-corrected chi connectivity index (χ2v) is 5.02. The number of carboxylic acid groups (broad SMARTS) is 1. The van der Waals surface area contributed by atoms with Gasteiger partial charge in [0.15, 0.2) is 0 Å². The van der Waals surface area contributed by atoms with Gasteiger partial charge in [0.1, 0.15) is 0 Å². The Kier molecular flexibility index (Phi) is 9.14. The summed E-state index contributed by atoms with van der Waals surface area (Å²) < 4.78 is 0. The third-order valence-corrected chi connectivity index (χ3v) is 3.38. The molecule has 0 radical (unpaired) electrons. The molecule has 0 aromatic heterocycles. The lowest BCUT2D eigenvalue weighted by molar-refractivity contribution is -0.143. The van der Waals surface area contributed by atoms with Gasteiger partial charge in [0.2, 0.25) is 0 Å². The van der Waals surface area contributed by atoms with Crippen LogP contribution < -0.4 is 0 Å². The molecule has 2 N–H and O–H groups in total. The van der Waals surface area contributed by atoms with Gasteiger partial charge in [0.05, 0.1) is 12.0 Å². The third kappa shape index (κ3) is 9.16. The highest BCUT2D eigenvalue weighted by atomic mass is 16.4. The van der Waals surface area contributed by atoms with Gasteiger partial charge in [0, 0.05) is 0 Å². The molecule has 0 bridgehead atoms. The Morgan fingerprint density at radius 3 is 2.00 bits per heavy atom. The minimum atomic E-state index is -0.991. The van der Waals surface area contributed by atoms with Crippen molar-refractivity contribution in [2.24, 2.45) is 0 Å². The average molecular weight is 244 g/mol. The molecule has 0 saturated heterocycles. The van der Waals surface area contributed by atoms with Crippen LogP contribution in [0.2, 0.25) is 0 Å². The largest absolute Gasteiger partial charge is 0.481 e. The zero-order valence-electron chi connectivity index (χ0n) is 11.4. The van der Waals surface area contributed by atoms with Gasteiger partial charge in [-0.05, 0) is 12.8 Å². The first-order valence-electron chi connectivity index (χ1n) is 6.98. The summed E-state index contributed by atoms with van der Waals surface area (Å²) >= 11 is 0. The number of aliphatic carboxylic acids is 1. The summed E-state index contributed by atoms with van der Waals surface area (Å²) in [5.74, 6) is -0.905. The van der Waals surface area contributed by atoms with Gasteiger partial charge >= 0.3 is 5.97 Å². The quantitative estimate of drug-likeness (QED) is 0.544. The van der Waals surface area contributed by atoms with Crippen molar-refractivity contribution in [1.82, 2.24) is 0 Å². The van der Waals surface area contributed by atoms with Crippen molar-refractivity contribution < 1.29 is 15.0 Å². The van der Waals surface area contributed by atoms with E-state index in [1.165, 1.54) is 32.1 Å². The van der Waals surface area contributed by atoms with Gasteiger partial charge in [-0.3, -0.25) is 4.79 Å². The maximum atomic E-state index is 10.6. The van der Waals surface area contributed by atoms with E-state index in [0.29, 0.717) is 12.8 Å². The summed E-state index contributed by atoms with van der Waals surface area (Å²) in [7, 11) is 0. The van der Waals surface area contributed by atoms with Gasteiger partial charge in [-0.25, -0.2) is 0 Å². The highest BCUT2D eigenvalue weighted by molar-refractivity contribution is 5.68. The van der Waals surface area contributed by atoms with Crippen LogP contribution >= 0.6 is 0 Å². The van der Waals surface area contributed by atoms with Gasteiger partial charge in [-0.1, -0.05) is 58.8 Å². The summed E-state index contributed by atoms with van der Waals surface area (Å²) in [5.41, 5.74) is -0.991. The highest BCUT2D eigenvalue weighted by Gasteiger charge is 2.27. The number of carbonyl (C=O) groups is 1.